The van der Waals surface area contributed by atoms with Crippen LogP contribution in [0.4, 0.5) is 0 Å². The Kier molecular flexibility index (Phi) is 6.04. The molecule has 2 radical (unpaired) electrons. The van der Waals surface area contributed by atoms with Crippen LogP contribution in [0.2, 0.25) is 5.82 Å². The van der Waals surface area contributed by atoms with E-state index in [0.29, 0.717) is 12.8 Å². The summed E-state index contributed by atoms with van der Waals surface area (Å²) in [5.41, 5.74) is 0. The number of hydrogen-bond donors (Lipinski definition) is 0. The van der Waals surface area contributed by atoms with Crippen molar-refractivity contribution in [1.82, 2.24) is 0 Å². The summed E-state index contributed by atoms with van der Waals surface area (Å²) in [5.74, 6) is -0.221. The van der Waals surface area contributed by atoms with Crippen molar-refractivity contribution < 1.29 is 31.0 Å². The highest BCUT2D eigenvalue weighted by atomic mass is 32.2. The summed E-state index contributed by atoms with van der Waals surface area (Å²) in [5, 5.41) is 0. The van der Waals surface area contributed by atoms with Crippen LogP contribution >= 0.6 is 7.60 Å². The second-order valence-corrected chi connectivity index (χ2v) is 8.19. The molecular weight excluding hydrogens is 294 g/mol. The van der Waals surface area contributed by atoms with Crippen molar-refractivity contribution >= 4 is 25.6 Å². The zero-order valence-corrected chi connectivity index (χ0v) is 12.9. The van der Waals surface area contributed by atoms with Gasteiger partial charge in [-0.25, -0.2) is 0 Å². The van der Waals surface area contributed by atoms with E-state index >= 15 is 0 Å². The van der Waals surface area contributed by atoms with E-state index in [9.17, 15) is 13.0 Å². The summed E-state index contributed by atoms with van der Waals surface area (Å²) in [6.45, 7) is 0. The quantitative estimate of drug-likeness (QED) is 0.392. The van der Waals surface area contributed by atoms with Crippen LogP contribution in [0.1, 0.15) is 12.8 Å². The predicted molar refractivity (Wildman–Crippen MR) is 69.8 cm³/mol. The molecule has 0 bridgehead atoms. The van der Waals surface area contributed by atoms with Crippen molar-refractivity contribution in [3.05, 3.63) is 0 Å². The van der Waals surface area contributed by atoms with Gasteiger partial charge in [0.1, 0.15) is 12.5 Å². The second kappa shape index (κ2) is 6.69. The molecule has 7 nitrogen and oxygen atoms in total. The van der Waals surface area contributed by atoms with Gasteiger partial charge >= 0.3 is 7.60 Å². The van der Waals surface area contributed by atoms with Crippen molar-refractivity contribution in [3.8, 4) is 0 Å². The molecule has 0 amide bonds. The topological polar surface area (TPSA) is 88.1 Å². The van der Waals surface area contributed by atoms with Crippen LogP contribution in [0.5, 0.6) is 0 Å². The van der Waals surface area contributed by atoms with E-state index in [1.54, 1.807) is 0 Å². The Morgan fingerprint density at radius 1 is 1.21 bits per heavy atom. The molecule has 1 fully saturated rings. The molecule has 1 saturated carbocycles. The van der Waals surface area contributed by atoms with E-state index < -0.39 is 29.9 Å². The van der Waals surface area contributed by atoms with Gasteiger partial charge in [-0.3, -0.25) is 8.75 Å². The van der Waals surface area contributed by atoms with Crippen LogP contribution in [-0.2, 0) is 32.7 Å². The molecule has 0 aromatic carbocycles. The van der Waals surface area contributed by atoms with Crippen molar-refractivity contribution in [2.45, 2.75) is 30.9 Å². The Labute approximate surface area is 115 Å². The molecule has 110 valence electrons. The average Bonchev–Trinajstić information content (AvgIpc) is 2.64. The van der Waals surface area contributed by atoms with Crippen LogP contribution in [0.25, 0.3) is 0 Å². The normalized spacial score (nSPS) is 28.7. The zero-order chi connectivity index (χ0) is 14.7. The van der Waals surface area contributed by atoms with Crippen LogP contribution in [0.3, 0.4) is 0 Å². The summed E-state index contributed by atoms with van der Waals surface area (Å²) in [4.78, 5) is 0. The Morgan fingerprint density at radius 3 is 2.21 bits per heavy atom. The summed E-state index contributed by atoms with van der Waals surface area (Å²) in [7, 11) is 1.35. The van der Waals surface area contributed by atoms with Gasteiger partial charge in [0, 0.05) is 14.2 Å². The highest BCUT2D eigenvalue weighted by Gasteiger charge is 2.37. The van der Waals surface area contributed by atoms with Gasteiger partial charge in [0.05, 0.1) is 20.2 Å². The summed E-state index contributed by atoms with van der Waals surface area (Å²) in [6.07, 6.45) is 0.246. The first-order valence-corrected chi connectivity index (χ1v) is 9.19. The zero-order valence-electron chi connectivity index (χ0n) is 11.1. The molecule has 0 saturated heterocycles. The maximum atomic E-state index is 11.8. The highest BCUT2D eigenvalue weighted by molar-refractivity contribution is 7.86. The number of hydrogen-bond acceptors (Lipinski definition) is 7. The third-order valence-electron chi connectivity index (χ3n) is 2.79. The van der Waals surface area contributed by atoms with Crippen molar-refractivity contribution in [1.29, 1.82) is 0 Å². The van der Waals surface area contributed by atoms with E-state index in [4.69, 9.17) is 25.8 Å². The van der Waals surface area contributed by atoms with Crippen molar-refractivity contribution in [3.63, 3.8) is 0 Å². The molecule has 3 atom stereocenters. The van der Waals surface area contributed by atoms with Gasteiger partial charge < -0.3 is 13.8 Å². The van der Waals surface area contributed by atoms with E-state index in [1.165, 1.54) is 14.2 Å². The molecule has 1 aliphatic rings. The van der Waals surface area contributed by atoms with Gasteiger partial charge in [0.15, 0.2) is 0 Å². The summed E-state index contributed by atoms with van der Waals surface area (Å²) < 4.78 is 53.8. The molecule has 3 unspecified atom stereocenters. The Morgan fingerprint density at radius 2 is 1.74 bits per heavy atom. The maximum Gasteiger partial charge on any atom is 0.355 e. The fraction of sp³-hybridized carbons (Fsp3) is 1.00. The first-order chi connectivity index (χ1) is 8.69. The molecule has 0 aromatic heterocycles. The third kappa shape index (κ3) is 5.53. The molecule has 10 heteroatoms. The van der Waals surface area contributed by atoms with E-state index in [-0.39, 0.29) is 12.2 Å². The lowest BCUT2D eigenvalue weighted by atomic mass is 9.86. The average molecular weight is 312 g/mol. The van der Waals surface area contributed by atoms with E-state index in [1.807, 2.05) is 0 Å². The first kappa shape index (κ1) is 17.1. The van der Waals surface area contributed by atoms with Gasteiger partial charge in [-0.2, -0.15) is 8.42 Å². The fourth-order valence-corrected chi connectivity index (χ4v) is 3.25. The Bertz CT molecular complexity index is 432. The lowest BCUT2D eigenvalue weighted by Gasteiger charge is -2.21. The smallest absolute Gasteiger partial charge is 0.355 e. The SMILES string of the molecule is [B]C1CC(OCP(=O)(OC)OC)C(OS(C)(=O)=O)C1. The van der Waals surface area contributed by atoms with E-state index in [0.717, 1.165) is 6.26 Å². The minimum Gasteiger partial charge on any atom is -0.363 e. The monoisotopic (exact) mass is 312 g/mol. The number of rotatable bonds is 7. The van der Waals surface area contributed by atoms with Crippen LogP contribution < -0.4 is 0 Å². The summed E-state index contributed by atoms with van der Waals surface area (Å²) >= 11 is 0. The molecule has 0 spiro atoms. The molecule has 0 aromatic rings. The van der Waals surface area contributed by atoms with Crippen LogP contribution in [-0.4, -0.2) is 55.3 Å². The molecule has 0 N–H and O–H groups in total. The summed E-state index contributed by atoms with van der Waals surface area (Å²) in [6, 6.07) is 0. The minimum atomic E-state index is -3.60. The molecule has 0 heterocycles. The van der Waals surface area contributed by atoms with E-state index in [2.05, 4.69) is 0 Å². The maximum absolute atomic E-state index is 11.8. The molecule has 0 aliphatic heterocycles. The van der Waals surface area contributed by atoms with Gasteiger partial charge in [-0.1, -0.05) is 5.82 Å². The highest BCUT2D eigenvalue weighted by Crippen LogP contribution is 2.47. The predicted octanol–water partition coefficient (Wildman–Crippen LogP) is 0.911. The van der Waals surface area contributed by atoms with Gasteiger partial charge in [0.2, 0.25) is 0 Å². The van der Waals surface area contributed by atoms with Crippen molar-refractivity contribution in [2.24, 2.45) is 0 Å². The van der Waals surface area contributed by atoms with Gasteiger partial charge in [0.25, 0.3) is 10.1 Å². The molecular formula is C9H18BO7PS. The third-order valence-corrected chi connectivity index (χ3v) is 4.96. The molecule has 1 aliphatic carbocycles. The lowest BCUT2D eigenvalue weighted by molar-refractivity contribution is 0.00865. The molecule has 1 rings (SSSR count). The lowest BCUT2D eigenvalue weighted by Crippen LogP contribution is -2.28. The largest absolute Gasteiger partial charge is 0.363 e. The second-order valence-electron chi connectivity index (χ2n) is 4.38. The Hall–Kier alpha value is 0.0849. The van der Waals surface area contributed by atoms with Gasteiger partial charge in [-0.05, 0) is 12.8 Å². The van der Waals surface area contributed by atoms with Crippen LogP contribution in [0, 0.1) is 0 Å². The van der Waals surface area contributed by atoms with Crippen LogP contribution in [0.15, 0.2) is 0 Å². The van der Waals surface area contributed by atoms with Crippen molar-refractivity contribution in [2.75, 3.05) is 26.8 Å². The number of ether oxygens (including phenoxy) is 1. The standard InChI is InChI=1S/C9H18BO7PS/c1-14-18(11,15-2)6-16-8-4-7(10)5-9(8)17-19(3,12)13/h7-9H,4-6H2,1-3H3. The van der Waals surface area contributed by atoms with Gasteiger partial charge in [-0.15, -0.1) is 0 Å². The first-order valence-electron chi connectivity index (χ1n) is 5.65. The minimum absolute atomic E-state index is 0.221. The Balaban J connectivity index is 2.62. The molecule has 19 heavy (non-hydrogen) atoms. The fourth-order valence-electron chi connectivity index (χ4n) is 1.86.